The maximum atomic E-state index is 13.2. The van der Waals surface area contributed by atoms with Gasteiger partial charge < -0.3 is 9.80 Å². The summed E-state index contributed by atoms with van der Waals surface area (Å²) in [5.41, 5.74) is 1.79. The number of nitrogens with zero attached hydrogens (tertiary/aromatic N) is 5. The number of rotatable bonds is 5. The van der Waals surface area contributed by atoms with Crippen LogP contribution in [0, 0.1) is 0 Å². The number of anilines is 2. The third-order valence-corrected chi connectivity index (χ3v) is 8.67. The third kappa shape index (κ3) is 4.22. The van der Waals surface area contributed by atoms with Gasteiger partial charge in [0.2, 0.25) is 0 Å². The van der Waals surface area contributed by atoms with Crippen LogP contribution in [-0.4, -0.2) is 62.4 Å². The van der Waals surface area contributed by atoms with Crippen LogP contribution in [-0.2, 0) is 10.0 Å². The van der Waals surface area contributed by atoms with E-state index in [1.54, 1.807) is 58.8 Å². The molecule has 0 aliphatic carbocycles. The van der Waals surface area contributed by atoms with Gasteiger partial charge in [-0.3, -0.25) is 9.10 Å². The van der Waals surface area contributed by atoms with Crippen molar-refractivity contribution in [1.29, 1.82) is 0 Å². The van der Waals surface area contributed by atoms with Gasteiger partial charge in [-0.05, 0) is 42.5 Å². The number of benzene rings is 2. The molecule has 174 valence electrons. The summed E-state index contributed by atoms with van der Waals surface area (Å²) in [4.78, 5) is 27.1. The lowest BCUT2D eigenvalue weighted by molar-refractivity contribution is 0.0746. The van der Waals surface area contributed by atoms with Crippen LogP contribution < -0.4 is 9.21 Å². The largest absolute Gasteiger partial charge is 0.344 e. The fraction of sp³-hybridized carbons (Fsp3) is 0.208. The molecule has 1 saturated heterocycles. The number of fused-ring (bicyclic) bond motifs is 1. The van der Waals surface area contributed by atoms with Crippen LogP contribution in [0.2, 0.25) is 0 Å². The zero-order chi connectivity index (χ0) is 23.7. The van der Waals surface area contributed by atoms with Gasteiger partial charge in [0.25, 0.3) is 15.9 Å². The minimum Gasteiger partial charge on any atom is -0.344 e. The Labute approximate surface area is 202 Å². The molecule has 1 fully saturated rings. The molecule has 0 spiro atoms. The van der Waals surface area contributed by atoms with Crippen LogP contribution in [0.25, 0.3) is 10.3 Å². The zero-order valence-corrected chi connectivity index (χ0v) is 20.2. The second-order valence-electron chi connectivity index (χ2n) is 7.94. The molecule has 1 amide bonds. The molecule has 4 aromatic rings. The smallest absolute Gasteiger partial charge is 0.264 e. The molecule has 3 heterocycles. The van der Waals surface area contributed by atoms with Gasteiger partial charge in [0.1, 0.15) is 10.3 Å². The maximum absolute atomic E-state index is 13.2. The van der Waals surface area contributed by atoms with Crippen LogP contribution >= 0.6 is 11.3 Å². The van der Waals surface area contributed by atoms with Crippen molar-refractivity contribution in [3.05, 3.63) is 78.5 Å². The van der Waals surface area contributed by atoms with Crippen molar-refractivity contribution >= 4 is 48.4 Å². The number of amides is 1. The monoisotopic (exact) mass is 493 g/mol. The molecule has 10 heteroatoms. The van der Waals surface area contributed by atoms with E-state index in [1.807, 2.05) is 18.2 Å². The highest BCUT2D eigenvalue weighted by molar-refractivity contribution is 7.92. The predicted octanol–water partition coefficient (Wildman–Crippen LogP) is 3.48. The molecule has 5 rings (SSSR count). The lowest BCUT2D eigenvalue weighted by atomic mass is 10.2. The van der Waals surface area contributed by atoms with Crippen molar-refractivity contribution in [3.63, 3.8) is 0 Å². The second-order valence-corrected chi connectivity index (χ2v) is 10.9. The van der Waals surface area contributed by atoms with Crippen LogP contribution in [0.1, 0.15) is 10.4 Å². The van der Waals surface area contributed by atoms with E-state index in [-0.39, 0.29) is 10.8 Å². The third-order valence-electron chi connectivity index (χ3n) is 5.85. The summed E-state index contributed by atoms with van der Waals surface area (Å²) in [5.74, 6) is -0.176. The lowest BCUT2D eigenvalue weighted by Crippen LogP contribution is -2.48. The minimum atomic E-state index is -3.79. The molecule has 0 saturated carbocycles. The van der Waals surface area contributed by atoms with Crippen LogP contribution in [0.4, 0.5) is 10.8 Å². The number of hydrogen-bond donors (Lipinski definition) is 0. The van der Waals surface area contributed by atoms with Crippen molar-refractivity contribution in [2.24, 2.45) is 0 Å². The average Bonchev–Trinajstić information content (AvgIpc) is 3.33. The molecule has 2 aromatic carbocycles. The van der Waals surface area contributed by atoms with Crippen LogP contribution in [0.3, 0.4) is 0 Å². The fourth-order valence-corrected chi connectivity index (χ4v) is 6.10. The van der Waals surface area contributed by atoms with Gasteiger partial charge in [0.05, 0.1) is 10.6 Å². The Bertz CT molecular complexity index is 1400. The molecule has 0 N–H and O–H groups in total. The summed E-state index contributed by atoms with van der Waals surface area (Å²) in [6.07, 6.45) is 1.76. The van der Waals surface area contributed by atoms with Crippen molar-refractivity contribution in [2.75, 3.05) is 42.4 Å². The molecule has 34 heavy (non-hydrogen) atoms. The van der Waals surface area contributed by atoms with E-state index in [4.69, 9.17) is 0 Å². The minimum absolute atomic E-state index is 0.0883. The standard InChI is InChI=1S/C24H23N5O3S2/c1-27(19-8-3-2-4-9-19)34(31,32)20-10-5-7-18(17-20)23(30)28-13-15-29(16-14-28)24-26-21-11-6-12-25-22(21)33-24/h2-12,17H,13-16H2,1H3. The number of para-hydroxylation sites is 1. The van der Waals surface area contributed by atoms with Gasteiger partial charge in [-0.2, -0.15) is 0 Å². The van der Waals surface area contributed by atoms with Gasteiger partial charge in [-0.15, -0.1) is 0 Å². The van der Waals surface area contributed by atoms with Crippen molar-refractivity contribution in [2.45, 2.75) is 4.90 Å². The summed E-state index contributed by atoms with van der Waals surface area (Å²) >= 11 is 1.54. The number of hydrogen-bond acceptors (Lipinski definition) is 7. The second kappa shape index (κ2) is 9.03. The Morgan fingerprint density at radius 1 is 0.971 bits per heavy atom. The molecule has 0 unspecified atom stereocenters. The van der Waals surface area contributed by atoms with Crippen molar-refractivity contribution in [1.82, 2.24) is 14.9 Å². The van der Waals surface area contributed by atoms with Gasteiger partial charge >= 0.3 is 0 Å². The molecule has 2 aromatic heterocycles. The van der Waals surface area contributed by atoms with Crippen LogP contribution in [0.5, 0.6) is 0 Å². The zero-order valence-electron chi connectivity index (χ0n) is 18.5. The van der Waals surface area contributed by atoms with Crippen molar-refractivity contribution < 1.29 is 13.2 Å². The summed E-state index contributed by atoms with van der Waals surface area (Å²) < 4.78 is 27.5. The predicted molar refractivity (Wildman–Crippen MR) is 134 cm³/mol. The van der Waals surface area contributed by atoms with Gasteiger partial charge in [0.15, 0.2) is 5.13 Å². The molecule has 8 nitrogen and oxygen atoms in total. The Kier molecular flexibility index (Phi) is 5.93. The van der Waals surface area contributed by atoms with Gasteiger partial charge in [-0.1, -0.05) is 35.6 Å². The number of piperazine rings is 1. The highest BCUT2D eigenvalue weighted by Gasteiger charge is 2.26. The summed E-state index contributed by atoms with van der Waals surface area (Å²) in [6, 6.07) is 18.9. The molecule has 0 radical (unpaired) electrons. The van der Waals surface area contributed by atoms with E-state index in [1.165, 1.54) is 23.5 Å². The fourth-order valence-electron chi connectivity index (χ4n) is 3.90. The number of carbonyl (C=O) groups excluding carboxylic acids is 1. The number of carbonyl (C=O) groups is 1. The number of aromatic nitrogens is 2. The Morgan fingerprint density at radius 2 is 1.74 bits per heavy atom. The Balaban J connectivity index is 1.29. The SMILES string of the molecule is CN(c1ccccc1)S(=O)(=O)c1cccc(C(=O)N2CCN(c3nc4cccnc4s3)CC2)c1. The highest BCUT2D eigenvalue weighted by Crippen LogP contribution is 2.28. The Hall–Kier alpha value is -3.50. The normalized spacial score (nSPS) is 14.4. The average molecular weight is 494 g/mol. The molecule has 0 atom stereocenters. The van der Waals surface area contributed by atoms with E-state index in [0.29, 0.717) is 37.4 Å². The first-order chi connectivity index (χ1) is 16.4. The number of sulfonamides is 1. The van der Waals surface area contributed by atoms with E-state index >= 15 is 0 Å². The van der Waals surface area contributed by atoms with Gasteiger partial charge in [-0.25, -0.2) is 18.4 Å². The molecular weight excluding hydrogens is 470 g/mol. The first-order valence-corrected chi connectivity index (χ1v) is 13.1. The van der Waals surface area contributed by atoms with E-state index in [2.05, 4.69) is 14.9 Å². The van der Waals surface area contributed by atoms with E-state index in [0.717, 1.165) is 15.5 Å². The number of pyridine rings is 1. The maximum Gasteiger partial charge on any atom is 0.264 e. The first kappa shape index (κ1) is 22.3. The summed E-state index contributed by atoms with van der Waals surface area (Å²) in [5, 5.41) is 0.901. The molecule has 0 bridgehead atoms. The van der Waals surface area contributed by atoms with Gasteiger partial charge in [0, 0.05) is 45.0 Å². The first-order valence-electron chi connectivity index (χ1n) is 10.8. The highest BCUT2D eigenvalue weighted by atomic mass is 32.2. The molecule has 1 aliphatic heterocycles. The van der Waals surface area contributed by atoms with E-state index in [9.17, 15) is 13.2 Å². The van der Waals surface area contributed by atoms with Crippen LogP contribution in [0.15, 0.2) is 77.8 Å². The Morgan fingerprint density at radius 3 is 2.47 bits per heavy atom. The topological polar surface area (TPSA) is 86.7 Å². The van der Waals surface area contributed by atoms with E-state index < -0.39 is 10.0 Å². The summed E-state index contributed by atoms with van der Waals surface area (Å²) in [7, 11) is -2.28. The lowest BCUT2D eigenvalue weighted by Gasteiger charge is -2.34. The quantitative estimate of drug-likeness (QED) is 0.423. The summed E-state index contributed by atoms with van der Waals surface area (Å²) in [6.45, 7) is 2.37. The molecule has 1 aliphatic rings. The number of thiazole rings is 1. The molecular formula is C24H23N5O3S2. The van der Waals surface area contributed by atoms with Crippen molar-refractivity contribution in [3.8, 4) is 0 Å².